The highest BCUT2D eigenvalue weighted by Crippen LogP contribution is 2.44. The van der Waals surface area contributed by atoms with Crippen molar-refractivity contribution in [1.82, 2.24) is 0 Å². The summed E-state index contributed by atoms with van der Waals surface area (Å²) in [7, 11) is 0. The molecule has 0 radical (unpaired) electrons. The van der Waals surface area contributed by atoms with Crippen molar-refractivity contribution in [3.8, 4) is 0 Å². The minimum Gasteiger partial charge on any atom is -0.396 e. The Morgan fingerprint density at radius 3 is 2.20 bits per heavy atom. The molecule has 1 aliphatic heterocycles. The zero-order valence-corrected chi connectivity index (χ0v) is 6.94. The maximum atomic E-state index is 9.06. The molecule has 1 nitrogen and oxygen atoms in total. The van der Waals surface area contributed by atoms with E-state index in [2.05, 4.69) is 11.8 Å². The van der Waals surface area contributed by atoms with Crippen LogP contribution in [-0.2, 0) is 0 Å². The van der Waals surface area contributed by atoms with E-state index in [1.165, 1.54) is 24.3 Å². The van der Waals surface area contributed by atoms with Crippen molar-refractivity contribution >= 4 is 11.8 Å². The molecule has 0 amide bonds. The smallest absolute Gasteiger partial charge is 0.0465 e. The van der Waals surface area contributed by atoms with Crippen molar-refractivity contribution in [1.29, 1.82) is 0 Å². The second-order valence-electron chi connectivity index (χ2n) is 3.48. The average molecular weight is 158 g/mol. The number of rotatable bonds is 1. The summed E-state index contributed by atoms with van der Waals surface area (Å²) in [6.07, 6.45) is 2.76. The maximum Gasteiger partial charge on any atom is 0.0465 e. The number of aliphatic hydroxyl groups excluding tert-OH is 1. The first-order valence-corrected chi connectivity index (χ1v) is 5.26. The Kier molecular flexibility index (Phi) is 1.92. The Hall–Kier alpha value is 0.310. The molecule has 58 valence electrons. The molecule has 1 N–H and O–H groups in total. The Bertz CT molecular complexity index is 110. The van der Waals surface area contributed by atoms with E-state index in [-0.39, 0.29) is 0 Å². The van der Waals surface area contributed by atoms with Crippen LogP contribution in [0.15, 0.2) is 0 Å². The molecule has 1 aliphatic carbocycles. The summed E-state index contributed by atoms with van der Waals surface area (Å²) >= 11 is 2.08. The Morgan fingerprint density at radius 2 is 1.80 bits per heavy atom. The highest BCUT2D eigenvalue weighted by molar-refractivity contribution is 7.99. The van der Waals surface area contributed by atoms with Crippen molar-refractivity contribution in [2.45, 2.75) is 12.8 Å². The minimum atomic E-state index is 0.440. The number of hydrogen-bond donors (Lipinski definition) is 1. The third kappa shape index (κ3) is 0.978. The molecule has 0 spiro atoms. The molecule has 0 aromatic heterocycles. The second-order valence-corrected chi connectivity index (χ2v) is 4.56. The van der Waals surface area contributed by atoms with Gasteiger partial charge in [-0.1, -0.05) is 0 Å². The first-order valence-electron chi connectivity index (χ1n) is 4.10. The SMILES string of the molecule is OCC1C2CCC1CSC2. The lowest BCUT2D eigenvalue weighted by molar-refractivity contribution is 0.172. The number of thioether (sulfide) groups is 1. The van der Waals surface area contributed by atoms with Gasteiger partial charge in [0, 0.05) is 6.61 Å². The van der Waals surface area contributed by atoms with Gasteiger partial charge in [0.25, 0.3) is 0 Å². The van der Waals surface area contributed by atoms with E-state index in [0.29, 0.717) is 12.5 Å². The van der Waals surface area contributed by atoms with E-state index >= 15 is 0 Å². The lowest BCUT2D eigenvalue weighted by Crippen LogP contribution is -2.26. The molecule has 2 bridgehead atoms. The molecule has 2 unspecified atom stereocenters. The first kappa shape index (κ1) is 6.99. The van der Waals surface area contributed by atoms with Crippen LogP contribution in [0.5, 0.6) is 0 Å². The Labute approximate surface area is 66.2 Å². The quantitative estimate of drug-likeness (QED) is 0.622. The van der Waals surface area contributed by atoms with Crippen molar-refractivity contribution in [2.24, 2.45) is 17.8 Å². The van der Waals surface area contributed by atoms with Crippen LogP contribution in [0.2, 0.25) is 0 Å². The molecule has 2 atom stereocenters. The van der Waals surface area contributed by atoms with Gasteiger partial charge in [-0.25, -0.2) is 0 Å². The predicted octanol–water partition coefficient (Wildman–Crippen LogP) is 1.37. The molecular formula is C8H14OS. The van der Waals surface area contributed by atoms with Gasteiger partial charge in [0.2, 0.25) is 0 Å². The molecule has 1 saturated carbocycles. The molecule has 2 rings (SSSR count). The van der Waals surface area contributed by atoms with Crippen molar-refractivity contribution in [3.63, 3.8) is 0 Å². The van der Waals surface area contributed by atoms with Crippen LogP contribution in [0.25, 0.3) is 0 Å². The molecule has 2 heteroatoms. The lowest BCUT2D eigenvalue weighted by atomic mass is 9.92. The van der Waals surface area contributed by atoms with Crippen LogP contribution in [0, 0.1) is 17.8 Å². The third-order valence-corrected chi connectivity index (χ3v) is 4.32. The van der Waals surface area contributed by atoms with E-state index in [1.807, 2.05) is 0 Å². The molecule has 0 aromatic rings. The van der Waals surface area contributed by atoms with Gasteiger partial charge in [0.1, 0.15) is 0 Å². The van der Waals surface area contributed by atoms with Gasteiger partial charge in [-0.3, -0.25) is 0 Å². The van der Waals surface area contributed by atoms with Gasteiger partial charge in [0.15, 0.2) is 0 Å². The molecule has 2 aliphatic rings. The van der Waals surface area contributed by atoms with Crippen LogP contribution in [0.3, 0.4) is 0 Å². The molecule has 10 heavy (non-hydrogen) atoms. The van der Waals surface area contributed by atoms with Gasteiger partial charge in [-0.05, 0) is 42.1 Å². The summed E-state index contributed by atoms with van der Waals surface area (Å²) in [5.41, 5.74) is 0. The highest BCUT2D eigenvalue weighted by atomic mass is 32.2. The fraction of sp³-hybridized carbons (Fsp3) is 1.00. The van der Waals surface area contributed by atoms with Crippen molar-refractivity contribution < 1.29 is 5.11 Å². The molecule has 0 aromatic carbocycles. The number of hydrogen-bond acceptors (Lipinski definition) is 2. The fourth-order valence-electron chi connectivity index (χ4n) is 2.32. The van der Waals surface area contributed by atoms with Crippen LogP contribution in [0.1, 0.15) is 12.8 Å². The summed E-state index contributed by atoms with van der Waals surface area (Å²) in [4.78, 5) is 0. The van der Waals surface area contributed by atoms with E-state index in [1.54, 1.807) is 0 Å². The number of aliphatic hydroxyl groups is 1. The second kappa shape index (κ2) is 2.74. The fourth-order valence-corrected chi connectivity index (χ4v) is 3.89. The van der Waals surface area contributed by atoms with Crippen molar-refractivity contribution in [2.75, 3.05) is 18.1 Å². The lowest BCUT2D eigenvalue weighted by Gasteiger charge is -2.27. The summed E-state index contributed by atoms with van der Waals surface area (Å²) in [5, 5.41) is 9.06. The van der Waals surface area contributed by atoms with E-state index in [4.69, 9.17) is 5.11 Å². The molecule has 1 heterocycles. The van der Waals surface area contributed by atoms with Gasteiger partial charge in [-0.2, -0.15) is 11.8 Å². The molecule has 1 saturated heterocycles. The third-order valence-electron chi connectivity index (χ3n) is 2.99. The zero-order valence-electron chi connectivity index (χ0n) is 6.12. The van der Waals surface area contributed by atoms with E-state index < -0.39 is 0 Å². The summed E-state index contributed by atoms with van der Waals surface area (Å²) in [5.74, 6) is 4.99. The predicted molar refractivity (Wildman–Crippen MR) is 44.1 cm³/mol. The van der Waals surface area contributed by atoms with Crippen LogP contribution >= 0.6 is 11.8 Å². The van der Waals surface area contributed by atoms with Crippen molar-refractivity contribution in [3.05, 3.63) is 0 Å². The van der Waals surface area contributed by atoms with Gasteiger partial charge in [-0.15, -0.1) is 0 Å². The minimum absolute atomic E-state index is 0.440. The topological polar surface area (TPSA) is 20.2 Å². The largest absolute Gasteiger partial charge is 0.396 e. The summed E-state index contributed by atoms with van der Waals surface area (Å²) in [6.45, 7) is 0.440. The van der Waals surface area contributed by atoms with Crippen LogP contribution < -0.4 is 0 Å². The standard InChI is InChI=1S/C8H14OS/c9-3-8-6-1-2-7(8)5-10-4-6/h6-9H,1-5H2. The normalized spacial score (nSPS) is 45.9. The number of fused-ring (bicyclic) bond motifs is 2. The zero-order chi connectivity index (χ0) is 6.97. The van der Waals surface area contributed by atoms with Crippen LogP contribution in [0.4, 0.5) is 0 Å². The van der Waals surface area contributed by atoms with E-state index in [9.17, 15) is 0 Å². The summed E-state index contributed by atoms with van der Waals surface area (Å²) in [6, 6.07) is 0. The highest BCUT2D eigenvalue weighted by Gasteiger charge is 2.38. The molecule has 2 fully saturated rings. The first-order chi connectivity index (χ1) is 4.92. The van der Waals surface area contributed by atoms with Gasteiger partial charge in [0.05, 0.1) is 0 Å². The Morgan fingerprint density at radius 1 is 1.20 bits per heavy atom. The van der Waals surface area contributed by atoms with Crippen LogP contribution in [-0.4, -0.2) is 23.2 Å². The summed E-state index contributed by atoms with van der Waals surface area (Å²) < 4.78 is 0. The average Bonchev–Trinajstić information content (AvgIpc) is 2.19. The van der Waals surface area contributed by atoms with Gasteiger partial charge >= 0.3 is 0 Å². The Balaban J connectivity index is 2.06. The van der Waals surface area contributed by atoms with Gasteiger partial charge < -0.3 is 5.11 Å². The van der Waals surface area contributed by atoms with E-state index in [0.717, 1.165) is 11.8 Å². The molecular weight excluding hydrogens is 144 g/mol. The maximum absolute atomic E-state index is 9.06. The monoisotopic (exact) mass is 158 g/mol.